The van der Waals surface area contributed by atoms with Crippen molar-refractivity contribution in [3.63, 3.8) is 0 Å². The monoisotopic (exact) mass is 542 g/mol. The fourth-order valence-corrected chi connectivity index (χ4v) is 7.79. The molecule has 1 aliphatic carbocycles. The van der Waals surface area contributed by atoms with Crippen LogP contribution in [0.2, 0.25) is 0 Å². The highest BCUT2D eigenvalue weighted by Crippen LogP contribution is 2.51. The van der Waals surface area contributed by atoms with Crippen LogP contribution in [-0.2, 0) is 33.3 Å². The molecule has 0 spiro atoms. The molecule has 2 N–H and O–H groups in total. The number of hydrogen-bond donors (Lipinski definition) is 2. The molecular formula is C26H27FN4O6S. The number of hydrogen-bond acceptors (Lipinski definition) is 9. The van der Waals surface area contributed by atoms with Gasteiger partial charge in [-0.15, -0.1) is 0 Å². The van der Waals surface area contributed by atoms with Crippen LogP contribution in [0.3, 0.4) is 0 Å². The van der Waals surface area contributed by atoms with Crippen LogP contribution in [0.4, 0.5) is 4.39 Å². The molecule has 3 fully saturated rings. The van der Waals surface area contributed by atoms with E-state index in [4.69, 9.17) is 9.47 Å². The normalized spacial score (nSPS) is 30.8. The molecular weight excluding hydrogens is 515 g/mol. The fraction of sp³-hybridized carbons (Fsp3) is 0.500. The van der Waals surface area contributed by atoms with Gasteiger partial charge in [0.1, 0.15) is 28.7 Å². The van der Waals surface area contributed by atoms with Crippen molar-refractivity contribution in [2.24, 2.45) is 0 Å². The molecule has 0 unspecified atom stereocenters. The summed E-state index contributed by atoms with van der Waals surface area (Å²) in [4.78, 5) is 21.1. The van der Waals surface area contributed by atoms with E-state index in [1.165, 1.54) is 16.8 Å². The van der Waals surface area contributed by atoms with Crippen LogP contribution in [-0.4, -0.2) is 58.2 Å². The minimum absolute atomic E-state index is 0.0303. The van der Waals surface area contributed by atoms with Crippen molar-refractivity contribution >= 4 is 20.9 Å². The lowest BCUT2D eigenvalue weighted by Crippen LogP contribution is -2.62. The molecule has 4 aliphatic heterocycles. The Morgan fingerprint density at radius 3 is 2.74 bits per heavy atom. The van der Waals surface area contributed by atoms with E-state index < -0.39 is 26.9 Å². The van der Waals surface area contributed by atoms with Crippen molar-refractivity contribution in [2.45, 2.75) is 66.8 Å². The number of nitrogens with zero attached hydrogens (tertiary/aromatic N) is 3. The van der Waals surface area contributed by atoms with Gasteiger partial charge in [-0.2, -0.15) is 0 Å². The maximum absolute atomic E-state index is 15.0. The first-order valence-corrected chi connectivity index (χ1v) is 14.4. The van der Waals surface area contributed by atoms with Gasteiger partial charge in [-0.3, -0.25) is 14.8 Å². The van der Waals surface area contributed by atoms with Crippen LogP contribution < -0.4 is 15.6 Å². The van der Waals surface area contributed by atoms with Gasteiger partial charge >= 0.3 is 0 Å². The maximum Gasteiger partial charge on any atom is 0.251 e. The van der Waals surface area contributed by atoms with Crippen LogP contribution in [0.1, 0.15) is 43.4 Å². The van der Waals surface area contributed by atoms with Gasteiger partial charge in [0.2, 0.25) is 0 Å². The molecule has 0 radical (unpaired) electrons. The molecule has 1 saturated carbocycles. The van der Waals surface area contributed by atoms with Crippen molar-refractivity contribution < 1.29 is 27.4 Å². The van der Waals surface area contributed by atoms with Crippen molar-refractivity contribution in [3.8, 4) is 5.75 Å². The van der Waals surface area contributed by atoms with E-state index in [1.54, 1.807) is 12.1 Å². The van der Waals surface area contributed by atoms with E-state index in [-0.39, 0.29) is 46.9 Å². The van der Waals surface area contributed by atoms with E-state index in [1.807, 2.05) is 0 Å². The number of sulfone groups is 1. The maximum atomic E-state index is 15.0. The van der Waals surface area contributed by atoms with Crippen LogP contribution in [0.25, 0.3) is 11.0 Å². The third kappa shape index (κ3) is 3.61. The molecule has 5 aliphatic rings. The summed E-state index contributed by atoms with van der Waals surface area (Å²) in [7, 11) is -3.36. The van der Waals surface area contributed by atoms with Gasteiger partial charge in [-0.05, 0) is 31.7 Å². The Hall–Kier alpha value is -2.93. The predicted octanol–water partition coefficient (Wildman–Crippen LogP) is 1.56. The van der Waals surface area contributed by atoms with E-state index in [9.17, 15) is 18.3 Å². The number of rotatable bonds is 5. The highest BCUT2D eigenvalue weighted by molar-refractivity contribution is 7.91. The smallest absolute Gasteiger partial charge is 0.251 e. The van der Waals surface area contributed by atoms with Crippen molar-refractivity contribution in [1.82, 2.24) is 19.9 Å². The zero-order valence-corrected chi connectivity index (χ0v) is 21.4. The molecule has 3 aromatic rings. The number of aliphatic hydroxyl groups is 1. The molecule has 38 heavy (non-hydrogen) atoms. The number of halogens is 1. The Kier molecular flexibility index (Phi) is 5.11. The molecule has 2 bridgehead atoms. The number of nitrogens with one attached hydrogen (secondary N) is 1. The molecule has 3 aromatic heterocycles. The summed E-state index contributed by atoms with van der Waals surface area (Å²) in [6.45, 7) is 0.944. The quantitative estimate of drug-likeness (QED) is 0.493. The van der Waals surface area contributed by atoms with Gasteiger partial charge in [0.25, 0.3) is 5.56 Å². The Morgan fingerprint density at radius 1 is 1.16 bits per heavy atom. The lowest BCUT2D eigenvalue weighted by molar-refractivity contribution is -0.192. The van der Waals surface area contributed by atoms with Crippen molar-refractivity contribution in [3.05, 3.63) is 58.0 Å². The molecule has 10 nitrogen and oxygen atoms in total. The molecule has 1 atom stereocenters. The van der Waals surface area contributed by atoms with Gasteiger partial charge in [-0.1, -0.05) is 0 Å². The highest BCUT2D eigenvalue weighted by atomic mass is 32.2. The molecule has 0 amide bonds. The summed E-state index contributed by atoms with van der Waals surface area (Å²) in [6.07, 6.45) is 5.58. The van der Waals surface area contributed by atoms with Crippen molar-refractivity contribution in [2.75, 3.05) is 19.0 Å². The van der Waals surface area contributed by atoms with E-state index in [2.05, 4.69) is 15.3 Å². The van der Waals surface area contributed by atoms with Gasteiger partial charge in [0.05, 0.1) is 47.4 Å². The Morgan fingerprint density at radius 2 is 1.97 bits per heavy atom. The van der Waals surface area contributed by atoms with E-state index >= 15 is 4.39 Å². The summed E-state index contributed by atoms with van der Waals surface area (Å²) in [6, 6.07) is 4.62. The lowest BCUT2D eigenvalue weighted by Gasteiger charge is -2.55. The van der Waals surface area contributed by atoms with Crippen LogP contribution in [0.15, 0.2) is 40.3 Å². The summed E-state index contributed by atoms with van der Waals surface area (Å²) in [5.74, 6) is -0.325. The first-order chi connectivity index (χ1) is 18.1. The second kappa shape index (κ2) is 8.04. The summed E-state index contributed by atoms with van der Waals surface area (Å²) in [5.41, 5.74) is -1.14. The number of pyridine rings is 3. The zero-order chi connectivity index (χ0) is 26.3. The van der Waals surface area contributed by atoms with Crippen molar-refractivity contribution in [1.29, 1.82) is 0 Å². The largest absolute Gasteiger partial charge is 0.491 e. The lowest BCUT2D eigenvalue weighted by atomic mass is 9.67. The van der Waals surface area contributed by atoms with Gasteiger partial charge in [0.15, 0.2) is 9.84 Å². The predicted molar refractivity (Wildman–Crippen MR) is 133 cm³/mol. The molecule has 2 saturated heterocycles. The first kappa shape index (κ1) is 24.1. The zero-order valence-electron chi connectivity index (χ0n) is 20.6. The second-order valence-electron chi connectivity index (χ2n) is 11.1. The molecule has 12 heteroatoms. The average Bonchev–Trinajstić information content (AvgIpc) is 3.21. The van der Waals surface area contributed by atoms with Gasteiger partial charge in [-0.25, -0.2) is 12.8 Å². The van der Waals surface area contributed by atoms with Crippen LogP contribution in [0, 0.1) is 5.82 Å². The number of fused-ring (bicyclic) bond motifs is 4. The summed E-state index contributed by atoms with van der Waals surface area (Å²) >= 11 is 0. The molecule has 7 heterocycles. The fourth-order valence-electron chi connectivity index (χ4n) is 6.63. The van der Waals surface area contributed by atoms with E-state index in [0.29, 0.717) is 48.5 Å². The molecule has 200 valence electrons. The minimum Gasteiger partial charge on any atom is -0.491 e. The summed E-state index contributed by atoms with van der Waals surface area (Å²) in [5, 5.41) is 15.3. The Labute approximate surface area is 217 Å². The average molecular weight is 543 g/mol. The van der Waals surface area contributed by atoms with Gasteiger partial charge in [0, 0.05) is 42.4 Å². The summed E-state index contributed by atoms with van der Waals surface area (Å²) < 4.78 is 52.8. The first-order valence-electron chi connectivity index (χ1n) is 12.8. The third-order valence-electron chi connectivity index (χ3n) is 8.70. The number of aromatic nitrogens is 3. The highest BCUT2D eigenvalue weighted by Gasteiger charge is 2.55. The van der Waals surface area contributed by atoms with Crippen LogP contribution >= 0.6 is 0 Å². The second-order valence-corrected chi connectivity index (χ2v) is 13.2. The van der Waals surface area contributed by atoms with Gasteiger partial charge < -0.3 is 24.5 Å². The van der Waals surface area contributed by atoms with Crippen LogP contribution in [0.5, 0.6) is 5.75 Å². The van der Waals surface area contributed by atoms with E-state index in [0.717, 1.165) is 19.0 Å². The molecule has 0 aromatic carbocycles. The SMILES string of the molecule is O=c1ccc2ncc(F)c3c2n1C[C@@]3(O)CC12CCC(NCc3cc4c(cn3)S(=O)(=O)CCO4)(CC1)CO2. The Balaban J connectivity index is 1.07. The third-order valence-corrected chi connectivity index (χ3v) is 10.4. The minimum atomic E-state index is -3.36. The Bertz CT molecular complexity index is 1630. The number of ether oxygens (including phenoxy) is 2. The topological polar surface area (TPSA) is 133 Å². The molecule has 8 rings (SSSR count). The standard InChI is InChI=1S/C26H27FN4O6S/c27-17-11-29-18-1-2-21(32)31-14-26(33,22(17)23(18)31)13-25-5-3-24(4-6-25,15-37-25)30-10-16-9-19-20(12-28-16)38(34,35)8-7-36-19/h1-2,9,11-12,30,33H,3-8,10,13-15H2/t24?,25?,26-/m0/s1.